The highest BCUT2D eigenvalue weighted by Crippen LogP contribution is 2.64. The number of hydrogen-bond donors (Lipinski definition) is 1. The first kappa shape index (κ1) is 11.5. The Morgan fingerprint density at radius 2 is 2.06 bits per heavy atom. The molecule has 0 radical (unpaired) electrons. The van der Waals surface area contributed by atoms with Crippen LogP contribution in [0.5, 0.6) is 0 Å². The monoisotopic (exact) mass is 236 g/mol. The number of nitrogens with one attached hydrogen (secondary N) is 1. The second-order valence-corrected chi connectivity index (χ2v) is 7.21. The van der Waals surface area contributed by atoms with Gasteiger partial charge in [0, 0.05) is 6.04 Å². The van der Waals surface area contributed by atoms with E-state index >= 15 is 0 Å². The fourth-order valence-corrected chi connectivity index (χ4v) is 4.92. The van der Waals surface area contributed by atoms with Gasteiger partial charge in [-0.2, -0.15) is 0 Å². The van der Waals surface area contributed by atoms with Crippen molar-refractivity contribution < 1.29 is 4.79 Å². The van der Waals surface area contributed by atoms with Crippen molar-refractivity contribution in [3.05, 3.63) is 0 Å². The van der Waals surface area contributed by atoms with E-state index in [-0.39, 0.29) is 11.5 Å². The summed E-state index contributed by atoms with van der Waals surface area (Å²) in [4.78, 5) is 14.4. The molecule has 1 aliphatic heterocycles. The highest BCUT2D eigenvalue weighted by atomic mass is 16.2. The smallest absolute Gasteiger partial charge is 0.240 e. The fraction of sp³-hybridized carbons (Fsp3) is 0.929. The van der Waals surface area contributed by atoms with Crippen LogP contribution in [-0.2, 0) is 4.79 Å². The van der Waals surface area contributed by atoms with Gasteiger partial charge in [0.2, 0.25) is 5.91 Å². The number of rotatable bonds is 1. The van der Waals surface area contributed by atoms with Gasteiger partial charge in [0.25, 0.3) is 0 Å². The number of nitrogens with zero attached hydrogens (tertiary/aromatic N) is 1. The number of carbonyl (C=O) groups excluding carboxylic acids is 1. The molecule has 1 amide bonds. The Balaban J connectivity index is 1.95. The molecule has 3 fully saturated rings. The van der Waals surface area contributed by atoms with E-state index in [9.17, 15) is 4.79 Å². The minimum absolute atomic E-state index is 0.00789. The van der Waals surface area contributed by atoms with Crippen molar-refractivity contribution in [2.45, 2.75) is 59.0 Å². The molecule has 1 N–H and O–H groups in total. The van der Waals surface area contributed by atoms with Crippen molar-refractivity contribution in [1.29, 1.82) is 0 Å². The number of hydrogen-bond acceptors (Lipinski definition) is 2. The third-order valence-electron chi connectivity index (χ3n) is 5.73. The summed E-state index contributed by atoms with van der Waals surface area (Å²) in [5, 5.41) is 3.29. The summed E-state index contributed by atoms with van der Waals surface area (Å²) in [5.41, 5.74) is 0.643. The second kappa shape index (κ2) is 3.25. The van der Waals surface area contributed by atoms with Gasteiger partial charge in [0.1, 0.15) is 0 Å². The molecule has 96 valence electrons. The first-order valence-corrected chi connectivity index (χ1v) is 6.90. The molecule has 3 heteroatoms. The van der Waals surface area contributed by atoms with E-state index < -0.39 is 0 Å². The maximum Gasteiger partial charge on any atom is 0.240 e. The van der Waals surface area contributed by atoms with Crippen LogP contribution >= 0.6 is 0 Å². The van der Waals surface area contributed by atoms with Gasteiger partial charge < -0.3 is 4.90 Å². The van der Waals surface area contributed by atoms with Crippen molar-refractivity contribution >= 4 is 5.91 Å². The van der Waals surface area contributed by atoms with Gasteiger partial charge in [-0.1, -0.05) is 20.8 Å². The Bertz CT molecular complexity index is 360. The van der Waals surface area contributed by atoms with Crippen LogP contribution in [-0.4, -0.2) is 29.6 Å². The first-order chi connectivity index (χ1) is 7.86. The quantitative estimate of drug-likeness (QED) is 0.755. The standard InChI is InChI=1S/C14H24N2O/c1-9-11(17)16(8-15-9)12-13(2,3)10-5-6-14(12,4)7-10/h9-10,12,15H,5-8H2,1-4H3. The minimum atomic E-state index is 0.00789. The van der Waals surface area contributed by atoms with Crippen LogP contribution in [0, 0.1) is 16.7 Å². The van der Waals surface area contributed by atoms with E-state index in [1.54, 1.807) is 0 Å². The van der Waals surface area contributed by atoms with Crippen LogP contribution in [0.25, 0.3) is 0 Å². The SMILES string of the molecule is CC1NCN(C2C3(C)CCC(C3)C2(C)C)C1=O. The van der Waals surface area contributed by atoms with Gasteiger partial charge in [0.05, 0.1) is 12.7 Å². The lowest BCUT2D eigenvalue weighted by Gasteiger charge is -2.47. The molecule has 0 aromatic carbocycles. The lowest BCUT2D eigenvalue weighted by atomic mass is 9.67. The predicted molar refractivity (Wildman–Crippen MR) is 67.3 cm³/mol. The van der Waals surface area contributed by atoms with E-state index in [0.29, 0.717) is 17.4 Å². The normalized spacial score (nSPS) is 48.1. The van der Waals surface area contributed by atoms with Crippen LogP contribution in [0.1, 0.15) is 47.0 Å². The van der Waals surface area contributed by atoms with E-state index in [0.717, 1.165) is 12.6 Å². The molecule has 1 saturated heterocycles. The molecule has 0 aromatic rings. The predicted octanol–water partition coefficient (Wildman–Crippen LogP) is 1.98. The Hall–Kier alpha value is -0.570. The number of fused-ring (bicyclic) bond motifs is 2. The van der Waals surface area contributed by atoms with Crippen molar-refractivity contribution in [3.8, 4) is 0 Å². The summed E-state index contributed by atoms with van der Waals surface area (Å²) in [5.74, 6) is 1.11. The lowest BCUT2D eigenvalue weighted by molar-refractivity contribution is -0.136. The van der Waals surface area contributed by atoms with E-state index in [1.807, 2.05) is 6.92 Å². The third kappa shape index (κ3) is 1.35. The Labute approximate surface area is 104 Å². The average molecular weight is 236 g/mol. The lowest BCUT2D eigenvalue weighted by Crippen LogP contribution is -2.53. The molecule has 0 spiro atoms. The Morgan fingerprint density at radius 1 is 1.35 bits per heavy atom. The maximum absolute atomic E-state index is 12.3. The summed E-state index contributed by atoms with van der Waals surface area (Å²) in [6, 6.07) is 0.437. The Morgan fingerprint density at radius 3 is 2.53 bits per heavy atom. The summed E-state index contributed by atoms with van der Waals surface area (Å²) >= 11 is 0. The molecule has 2 aliphatic carbocycles. The van der Waals surface area contributed by atoms with E-state index in [2.05, 4.69) is 31.0 Å². The van der Waals surface area contributed by atoms with Gasteiger partial charge >= 0.3 is 0 Å². The highest BCUT2D eigenvalue weighted by Gasteiger charge is 2.62. The molecule has 0 aromatic heterocycles. The van der Waals surface area contributed by atoms with E-state index in [1.165, 1.54) is 19.3 Å². The zero-order valence-electron chi connectivity index (χ0n) is 11.4. The Kier molecular flexibility index (Phi) is 2.20. The minimum Gasteiger partial charge on any atom is -0.324 e. The van der Waals surface area contributed by atoms with Gasteiger partial charge in [-0.3, -0.25) is 10.1 Å². The molecule has 4 atom stereocenters. The molecule has 3 aliphatic rings. The summed E-state index contributed by atoms with van der Waals surface area (Å²) in [6.45, 7) is 9.84. The van der Waals surface area contributed by atoms with Gasteiger partial charge in [-0.15, -0.1) is 0 Å². The van der Waals surface area contributed by atoms with E-state index in [4.69, 9.17) is 0 Å². The summed E-state index contributed by atoms with van der Waals surface area (Å²) < 4.78 is 0. The summed E-state index contributed by atoms with van der Waals surface area (Å²) in [7, 11) is 0. The zero-order valence-corrected chi connectivity index (χ0v) is 11.4. The van der Waals surface area contributed by atoms with Gasteiger partial charge in [0.15, 0.2) is 0 Å². The number of carbonyl (C=O) groups is 1. The molecule has 17 heavy (non-hydrogen) atoms. The maximum atomic E-state index is 12.3. The zero-order chi connectivity index (χ0) is 12.4. The first-order valence-electron chi connectivity index (χ1n) is 6.90. The molecular formula is C14H24N2O. The second-order valence-electron chi connectivity index (χ2n) is 7.21. The third-order valence-corrected chi connectivity index (χ3v) is 5.73. The molecule has 4 unspecified atom stereocenters. The van der Waals surface area contributed by atoms with Gasteiger partial charge in [-0.05, 0) is 42.9 Å². The highest BCUT2D eigenvalue weighted by molar-refractivity contribution is 5.83. The van der Waals surface area contributed by atoms with Crippen molar-refractivity contribution in [2.75, 3.05) is 6.67 Å². The van der Waals surface area contributed by atoms with Crippen LogP contribution in [0.15, 0.2) is 0 Å². The molecular weight excluding hydrogens is 212 g/mol. The molecule has 2 saturated carbocycles. The molecule has 1 heterocycles. The van der Waals surface area contributed by atoms with Crippen LogP contribution in [0.2, 0.25) is 0 Å². The largest absolute Gasteiger partial charge is 0.324 e. The summed E-state index contributed by atoms with van der Waals surface area (Å²) in [6.07, 6.45) is 3.96. The van der Waals surface area contributed by atoms with Crippen molar-refractivity contribution in [1.82, 2.24) is 10.2 Å². The van der Waals surface area contributed by atoms with Crippen LogP contribution < -0.4 is 5.32 Å². The van der Waals surface area contributed by atoms with Gasteiger partial charge in [-0.25, -0.2) is 0 Å². The topological polar surface area (TPSA) is 32.3 Å². The van der Waals surface area contributed by atoms with Crippen LogP contribution in [0.4, 0.5) is 0 Å². The molecule has 3 rings (SSSR count). The van der Waals surface area contributed by atoms with Crippen LogP contribution in [0.3, 0.4) is 0 Å². The van der Waals surface area contributed by atoms with Crippen molar-refractivity contribution in [3.63, 3.8) is 0 Å². The fourth-order valence-electron chi connectivity index (χ4n) is 4.92. The molecule has 3 nitrogen and oxygen atoms in total. The number of amides is 1. The van der Waals surface area contributed by atoms with Crippen molar-refractivity contribution in [2.24, 2.45) is 16.7 Å². The average Bonchev–Trinajstić information content (AvgIpc) is 2.82. The molecule has 2 bridgehead atoms.